The molecule has 0 N–H and O–H groups in total. The number of benzene rings is 3. The zero-order chi connectivity index (χ0) is 22.9. The molecule has 6 heteroatoms. The van der Waals surface area contributed by atoms with E-state index in [0.29, 0.717) is 15.8 Å². The maximum Gasteiger partial charge on any atom is 0.285 e. The van der Waals surface area contributed by atoms with Crippen LogP contribution in [-0.4, -0.2) is 14.9 Å². The average molecular weight is 471 g/mol. The number of thiocarbonyl (C=S) groups is 1. The smallest absolute Gasteiger partial charge is 0.285 e. The molecule has 0 radical (unpaired) electrons. The lowest BCUT2D eigenvalue weighted by Crippen LogP contribution is -2.39. The van der Waals surface area contributed by atoms with E-state index in [4.69, 9.17) is 17.0 Å². The van der Waals surface area contributed by atoms with E-state index in [1.54, 1.807) is 5.01 Å². The molecule has 164 valence electrons. The van der Waals surface area contributed by atoms with Crippen LogP contribution in [0, 0.1) is 13.8 Å². The number of hydrogen-bond donors (Lipinski definition) is 0. The van der Waals surface area contributed by atoms with Gasteiger partial charge < -0.3 is 4.74 Å². The summed E-state index contributed by atoms with van der Waals surface area (Å²) in [5, 5.41) is 3.69. The summed E-state index contributed by atoms with van der Waals surface area (Å²) in [6.07, 6.45) is 1.91. The lowest BCUT2D eigenvalue weighted by atomic mass is 10.0. The minimum atomic E-state index is -0.130. The molecule has 1 aliphatic heterocycles. The number of carbonyl (C=O) groups is 1. The number of amides is 1. The van der Waals surface area contributed by atoms with E-state index in [1.165, 1.54) is 11.8 Å². The minimum Gasteiger partial charge on any atom is -0.488 e. The van der Waals surface area contributed by atoms with E-state index < -0.39 is 0 Å². The quantitative estimate of drug-likeness (QED) is 0.251. The highest BCUT2D eigenvalue weighted by molar-refractivity contribution is 8.27. The lowest BCUT2D eigenvalue weighted by molar-refractivity contribution is -0.114. The largest absolute Gasteiger partial charge is 0.488 e. The molecule has 0 bridgehead atoms. The van der Waals surface area contributed by atoms with Gasteiger partial charge >= 0.3 is 0 Å². The summed E-state index contributed by atoms with van der Waals surface area (Å²) in [7, 11) is 0. The third-order valence-electron chi connectivity index (χ3n) is 5.65. The molecule has 2 heterocycles. The van der Waals surface area contributed by atoms with Crippen molar-refractivity contribution >= 4 is 51.1 Å². The highest BCUT2D eigenvalue weighted by atomic mass is 32.2. The second kappa shape index (κ2) is 8.89. The van der Waals surface area contributed by atoms with E-state index >= 15 is 0 Å². The molecule has 4 aromatic rings. The summed E-state index contributed by atoms with van der Waals surface area (Å²) >= 11 is 6.91. The van der Waals surface area contributed by atoms with Crippen LogP contribution >= 0.6 is 24.0 Å². The van der Waals surface area contributed by atoms with Gasteiger partial charge in [0, 0.05) is 17.0 Å². The first-order valence-corrected chi connectivity index (χ1v) is 11.9. The number of nitrogens with zero attached hydrogens (tertiary/aromatic N) is 2. The first-order chi connectivity index (χ1) is 16.0. The summed E-state index contributed by atoms with van der Waals surface area (Å²) in [6, 6.07) is 26.2. The summed E-state index contributed by atoms with van der Waals surface area (Å²) in [5.41, 5.74) is 3.89. The van der Waals surface area contributed by atoms with Crippen LogP contribution in [0.25, 0.3) is 16.8 Å². The molecule has 1 fully saturated rings. The molecule has 1 saturated heterocycles. The summed E-state index contributed by atoms with van der Waals surface area (Å²) in [5.74, 6) is 0.602. The summed E-state index contributed by atoms with van der Waals surface area (Å²) in [4.78, 5) is 14.0. The van der Waals surface area contributed by atoms with Gasteiger partial charge in [0.1, 0.15) is 12.4 Å². The van der Waals surface area contributed by atoms with Crippen molar-refractivity contribution in [2.75, 3.05) is 5.01 Å². The molecule has 3 aromatic carbocycles. The molecule has 0 atom stereocenters. The van der Waals surface area contributed by atoms with Crippen molar-refractivity contribution in [1.82, 2.24) is 4.68 Å². The monoisotopic (exact) mass is 470 g/mol. The Morgan fingerprint density at radius 3 is 2.36 bits per heavy atom. The lowest BCUT2D eigenvalue weighted by Gasteiger charge is -2.20. The Morgan fingerprint density at radius 2 is 1.61 bits per heavy atom. The number of fused-ring (bicyclic) bond motifs is 1. The number of thioether (sulfide) groups is 1. The van der Waals surface area contributed by atoms with Gasteiger partial charge in [0.2, 0.25) is 0 Å². The molecular weight excluding hydrogens is 448 g/mol. The number of aryl methyl sites for hydroxylation is 2. The molecule has 0 aliphatic carbocycles. The molecule has 1 aromatic heterocycles. The van der Waals surface area contributed by atoms with Crippen LogP contribution < -0.4 is 9.75 Å². The fourth-order valence-electron chi connectivity index (χ4n) is 4.02. The van der Waals surface area contributed by atoms with Crippen molar-refractivity contribution in [2.45, 2.75) is 20.5 Å². The van der Waals surface area contributed by atoms with Crippen LogP contribution in [0.15, 0.2) is 83.8 Å². The van der Waals surface area contributed by atoms with Crippen molar-refractivity contribution in [1.29, 1.82) is 0 Å². The Kier molecular flexibility index (Phi) is 5.79. The number of carbonyl (C=O) groups excluding carboxylic acids is 1. The highest BCUT2D eigenvalue weighted by Gasteiger charge is 2.35. The second-order valence-corrected chi connectivity index (χ2v) is 9.57. The van der Waals surface area contributed by atoms with Crippen LogP contribution in [0.2, 0.25) is 0 Å². The minimum absolute atomic E-state index is 0.130. The van der Waals surface area contributed by atoms with Crippen molar-refractivity contribution in [3.05, 3.63) is 106 Å². The standard InChI is InChI=1S/C27H22N2O2S2/c1-18-12-13-19(2)28(18)29-26(30)25(33-27(29)32)16-23-22-11-7-6-10-21(22)14-15-24(23)31-17-20-8-4-3-5-9-20/h3-16H,17H2,1-2H3/b25-16+. The van der Waals surface area contributed by atoms with Crippen LogP contribution in [-0.2, 0) is 11.4 Å². The van der Waals surface area contributed by atoms with Gasteiger partial charge in [-0.1, -0.05) is 72.4 Å². The van der Waals surface area contributed by atoms with Crippen LogP contribution in [0.4, 0.5) is 0 Å². The van der Waals surface area contributed by atoms with Gasteiger partial charge in [0.25, 0.3) is 5.91 Å². The molecule has 0 spiro atoms. The first-order valence-electron chi connectivity index (χ1n) is 10.6. The normalized spacial score (nSPS) is 15.1. The zero-order valence-corrected chi connectivity index (χ0v) is 20.0. The van der Waals surface area contributed by atoms with Crippen LogP contribution in [0.3, 0.4) is 0 Å². The summed E-state index contributed by atoms with van der Waals surface area (Å²) < 4.78 is 8.61. The molecule has 5 rings (SSSR count). The van der Waals surface area contributed by atoms with Gasteiger partial charge in [-0.25, -0.2) is 0 Å². The maximum atomic E-state index is 13.4. The van der Waals surface area contributed by atoms with Gasteiger partial charge in [-0.15, -0.1) is 0 Å². The third-order valence-corrected chi connectivity index (χ3v) is 6.93. The average Bonchev–Trinajstić information content (AvgIpc) is 3.30. The van der Waals surface area contributed by atoms with E-state index in [-0.39, 0.29) is 5.91 Å². The van der Waals surface area contributed by atoms with E-state index in [1.807, 2.05) is 91.3 Å². The predicted molar refractivity (Wildman–Crippen MR) is 140 cm³/mol. The Morgan fingerprint density at radius 1 is 0.909 bits per heavy atom. The Bertz CT molecular complexity index is 1390. The Labute approximate surface area is 202 Å². The van der Waals surface area contributed by atoms with Crippen molar-refractivity contribution in [3.63, 3.8) is 0 Å². The van der Waals surface area contributed by atoms with Gasteiger partial charge in [0.15, 0.2) is 4.32 Å². The van der Waals surface area contributed by atoms with E-state index in [9.17, 15) is 4.79 Å². The number of hydrogen-bond acceptors (Lipinski definition) is 4. The fourth-order valence-corrected chi connectivity index (χ4v) is 5.25. The number of ether oxygens (including phenoxy) is 1. The fraction of sp³-hybridized carbons (Fsp3) is 0.111. The maximum absolute atomic E-state index is 13.4. The van der Waals surface area contributed by atoms with Crippen molar-refractivity contribution < 1.29 is 9.53 Å². The van der Waals surface area contributed by atoms with E-state index in [2.05, 4.69) is 12.1 Å². The summed E-state index contributed by atoms with van der Waals surface area (Å²) in [6.45, 7) is 4.38. The number of rotatable bonds is 5. The molecular formula is C27H22N2O2S2. The van der Waals surface area contributed by atoms with Crippen molar-refractivity contribution in [3.8, 4) is 5.75 Å². The molecule has 0 saturated carbocycles. The van der Waals surface area contributed by atoms with Gasteiger partial charge in [-0.05, 0) is 66.7 Å². The zero-order valence-electron chi connectivity index (χ0n) is 18.3. The second-order valence-electron chi connectivity index (χ2n) is 7.89. The SMILES string of the molecule is Cc1ccc(C)n1N1C(=O)/C(=C\c2c(OCc3ccccc3)ccc3ccccc23)SC1=S. The van der Waals surface area contributed by atoms with Gasteiger partial charge in [-0.2, -0.15) is 5.01 Å². The number of aromatic nitrogens is 1. The highest BCUT2D eigenvalue weighted by Crippen LogP contribution is 2.37. The van der Waals surface area contributed by atoms with E-state index in [0.717, 1.165) is 39.0 Å². The van der Waals surface area contributed by atoms with Gasteiger partial charge in [-0.3, -0.25) is 9.47 Å². The molecule has 1 aliphatic rings. The topological polar surface area (TPSA) is 34.5 Å². The Balaban J connectivity index is 1.56. The van der Waals surface area contributed by atoms with Crippen molar-refractivity contribution in [2.24, 2.45) is 0 Å². The molecule has 33 heavy (non-hydrogen) atoms. The van der Waals surface area contributed by atoms with Gasteiger partial charge in [0.05, 0.1) is 4.91 Å². The first kappa shape index (κ1) is 21.5. The third kappa shape index (κ3) is 4.08. The molecule has 4 nitrogen and oxygen atoms in total. The predicted octanol–water partition coefficient (Wildman–Crippen LogP) is 6.37. The molecule has 0 unspecified atom stereocenters. The molecule has 1 amide bonds. The van der Waals surface area contributed by atoms with Crippen LogP contribution in [0.5, 0.6) is 5.75 Å². The Hall–Kier alpha value is -3.35. The van der Waals surface area contributed by atoms with Crippen LogP contribution in [0.1, 0.15) is 22.5 Å².